The second-order valence-corrected chi connectivity index (χ2v) is 5.75. The smallest absolute Gasteiger partial charge is 0.126 e. The summed E-state index contributed by atoms with van der Waals surface area (Å²) in [6, 6.07) is 3.39. The molecule has 1 fully saturated rings. The molecule has 2 N–H and O–H groups in total. The summed E-state index contributed by atoms with van der Waals surface area (Å²) in [5.41, 5.74) is 6.63. The van der Waals surface area contributed by atoms with Crippen molar-refractivity contribution in [3.8, 4) is 0 Å². The molecule has 0 radical (unpaired) electrons. The first-order chi connectivity index (χ1) is 8.95. The molecule has 4 heteroatoms. The molecule has 106 valence electrons. The maximum absolute atomic E-state index is 13.7. The van der Waals surface area contributed by atoms with E-state index < -0.39 is 5.82 Å². The first kappa shape index (κ1) is 14.4. The quantitative estimate of drug-likeness (QED) is 0.909. The van der Waals surface area contributed by atoms with Gasteiger partial charge in [0.05, 0.1) is 0 Å². The van der Waals surface area contributed by atoms with E-state index in [0.717, 1.165) is 31.7 Å². The molecule has 1 aliphatic carbocycles. The molecule has 0 heterocycles. The zero-order valence-corrected chi connectivity index (χ0v) is 11.6. The fourth-order valence-electron chi connectivity index (χ4n) is 3.26. The van der Waals surface area contributed by atoms with Gasteiger partial charge in [-0.15, -0.1) is 0 Å². The number of benzene rings is 1. The fourth-order valence-corrected chi connectivity index (χ4v) is 3.26. The number of rotatable bonds is 4. The lowest BCUT2D eigenvalue weighted by Crippen LogP contribution is -2.56. The van der Waals surface area contributed by atoms with Gasteiger partial charge in [0.15, 0.2) is 0 Å². The molecule has 0 amide bonds. The van der Waals surface area contributed by atoms with E-state index in [9.17, 15) is 8.78 Å². The van der Waals surface area contributed by atoms with Gasteiger partial charge in [0.1, 0.15) is 11.6 Å². The van der Waals surface area contributed by atoms with Crippen molar-refractivity contribution in [2.45, 2.75) is 43.7 Å². The molecule has 1 aliphatic rings. The van der Waals surface area contributed by atoms with Crippen molar-refractivity contribution in [2.75, 3.05) is 14.1 Å². The van der Waals surface area contributed by atoms with Gasteiger partial charge in [-0.2, -0.15) is 0 Å². The lowest BCUT2D eigenvalue weighted by atomic mass is 9.83. The van der Waals surface area contributed by atoms with Gasteiger partial charge >= 0.3 is 0 Å². The highest BCUT2D eigenvalue weighted by Crippen LogP contribution is 2.37. The highest BCUT2D eigenvalue weighted by atomic mass is 19.1. The van der Waals surface area contributed by atoms with E-state index in [1.54, 1.807) is 0 Å². The normalized spacial score (nSPS) is 19.9. The molecule has 1 saturated carbocycles. The molecular formula is C15H22F2N2. The number of nitrogens with two attached hydrogens (primary N) is 1. The minimum Gasteiger partial charge on any atom is -0.326 e. The Morgan fingerprint density at radius 1 is 1.26 bits per heavy atom. The molecule has 2 rings (SSSR count). The van der Waals surface area contributed by atoms with E-state index in [1.807, 2.05) is 14.1 Å². The second-order valence-electron chi connectivity index (χ2n) is 5.75. The summed E-state index contributed by atoms with van der Waals surface area (Å²) in [5, 5.41) is 0. The van der Waals surface area contributed by atoms with Crippen molar-refractivity contribution in [3.63, 3.8) is 0 Å². The highest BCUT2D eigenvalue weighted by Gasteiger charge is 2.41. The molecule has 1 unspecified atom stereocenters. The standard InChI is InChI=1S/C15H22F2N2/c1-19(2)15(7-3-4-8-15)14(18)10-11-9-12(16)5-6-13(11)17/h5-6,9,14H,3-4,7-8,10,18H2,1-2H3. The summed E-state index contributed by atoms with van der Waals surface area (Å²) < 4.78 is 26.9. The van der Waals surface area contributed by atoms with Crippen LogP contribution in [-0.2, 0) is 6.42 Å². The van der Waals surface area contributed by atoms with Gasteiger partial charge in [-0.1, -0.05) is 12.8 Å². The molecule has 19 heavy (non-hydrogen) atoms. The topological polar surface area (TPSA) is 29.3 Å². The predicted octanol–water partition coefficient (Wildman–Crippen LogP) is 2.71. The molecule has 1 atom stereocenters. The Morgan fingerprint density at radius 3 is 2.47 bits per heavy atom. The van der Waals surface area contributed by atoms with Gasteiger partial charge < -0.3 is 10.6 Å². The van der Waals surface area contributed by atoms with Crippen LogP contribution in [0.4, 0.5) is 8.78 Å². The monoisotopic (exact) mass is 268 g/mol. The van der Waals surface area contributed by atoms with Crippen LogP contribution in [0.5, 0.6) is 0 Å². The van der Waals surface area contributed by atoms with Crippen LogP contribution in [0.15, 0.2) is 18.2 Å². The fraction of sp³-hybridized carbons (Fsp3) is 0.600. The van der Waals surface area contributed by atoms with Crippen LogP contribution in [0.1, 0.15) is 31.2 Å². The Balaban J connectivity index is 2.19. The van der Waals surface area contributed by atoms with Crippen LogP contribution in [0.2, 0.25) is 0 Å². The molecule has 0 bridgehead atoms. The average molecular weight is 268 g/mol. The van der Waals surface area contributed by atoms with Crippen LogP contribution in [0, 0.1) is 11.6 Å². The zero-order valence-electron chi connectivity index (χ0n) is 11.6. The van der Waals surface area contributed by atoms with Crippen LogP contribution in [0.25, 0.3) is 0 Å². The van der Waals surface area contributed by atoms with E-state index in [4.69, 9.17) is 5.73 Å². The Hall–Kier alpha value is -1.00. The third-order valence-corrected chi connectivity index (χ3v) is 4.50. The van der Waals surface area contributed by atoms with Crippen LogP contribution < -0.4 is 5.73 Å². The summed E-state index contributed by atoms with van der Waals surface area (Å²) in [6.07, 6.45) is 4.73. The highest BCUT2D eigenvalue weighted by molar-refractivity contribution is 5.21. The molecule has 0 spiro atoms. The zero-order chi connectivity index (χ0) is 14.0. The molecule has 2 nitrogen and oxygen atoms in total. The Morgan fingerprint density at radius 2 is 1.89 bits per heavy atom. The van der Waals surface area contributed by atoms with E-state index in [2.05, 4.69) is 4.90 Å². The Kier molecular flexibility index (Phi) is 4.21. The largest absolute Gasteiger partial charge is 0.326 e. The molecule has 0 saturated heterocycles. The average Bonchev–Trinajstić information content (AvgIpc) is 2.84. The van der Waals surface area contributed by atoms with Crippen molar-refractivity contribution in [2.24, 2.45) is 5.73 Å². The lowest BCUT2D eigenvalue weighted by Gasteiger charge is -2.41. The minimum absolute atomic E-state index is 0.0846. The number of halogens is 2. The van der Waals surface area contributed by atoms with Crippen LogP contribution in [0.3, 0.4) is 0 Å². The molecule has 0 aromatic heterocycles. The first-order valence-corrected chi connectivity index (χ1v) is 6.82. The van der Waals surface area contributed by atoms with E-state index >= 15 is 0 Å². The first-order valence-electron chi connectivity index (χ1n) is 6.82. The van der Waals surface area contributed by atoms with Crippen molar-refractivity contribution < 1.29 is 8.78 Å². The number of nitrogens with zero attached hydrogens (tertiary/aromatic N) is 1. The summed E-state index contributed by atoms with van der Waals surface area (Å²) in [6.45, 7) is 0. The molecular weight excluding hydrogens is 246 g/mol. The molecule has 1 aromatic rings. The van der Waals surface area contributed by atoms with Gasteiger partial charge in [0.25, 0.3) is 0 Å². The van der Waals surface area contributed by atoms with E-state index in [0.29, 0.717) is 12.0 Å². The van der Waals surface area contributed by atoms with Crippen molar-refractivity contribution >= 4 is 0 Å². The summed E-state index contributed by atoms with van der Waals surface area (Å²) in [7, 11) is 4.04. The second kappa shape index (κ2) is 5.55. The number of likely N-dealkylation sites (N-methyl/N-ethyl adjacent to an activating group) is 1. The summed E-state index contributed by atoms with van der Waals surface area (Å²) in [4.78, 5) is 2.15. The van der Waals surface area contributed by atoms with Gasteiger partial charge in [-0.3, -0.25) is 0 Å². The Labute approximate surface area is 113 Å². The maximum atomic E-state index is 13.7. The molecule has 0 aliphatic heterocycles. The van der Waals surface area contributed by atoms with Crippen molar-refractivity contribution in [1.82, 2.24) is 4.90 Å². The Bertz CT molecular complexity index is 440. The van der Waals surface area contributed by atoms with Gasteiger partial charge in [0.2, 0.25) is 0 Å². The van der Waals surface area contributed by atoms with Crippen molar-refractivity contribution in [3.05, 3.63) is 35.4 Å². The summed E-state index contributed by atoms with van der Waals surface area (Å²) >= 11 is 0. The SMILES string of the molecule is CN(C)C1(C(N)Cc2cc(F)ccc2F)CCCC1. The van der Waals surface area contributed by atoms with Gasteiger partial charge in [-0.05, 0) is 57.1 Å². The number of hydrogen-bond acceptors (Lipinski definition) is 2. The van der Waals surface area contributed by atoms with E-state index in [1.165, 1.54) is 12.1 Å². The minimum atomic E-state index is -0.408. The number of hydrogen-bond donors (Lipinski definition) is 1. The van der Waals surface area contributed by atoms with Gasteiger partial charge in [0, 0.05) is 11.6 Å². The van der Waals surface area contributed by atoms with E-state index in [-0.39, 0.29) is 17.4 Å². The lowest BCUT2D eigenvalue weighted by molar-refractivity contribution is 0.122. The van der Waals surface area contributed by atoms with Crippen LogP contribution >= 0.6 is 0 Å². The third-order valence-electron chi connectivity index (χ3n) is 4.50. The maximum Gasteiger partial charge on any atom is 0.126 e. The predicted molar refractivity (Wildman–Crippen MR) is 72.9 cm³/mol. The molecule has 1 aromatic carbocycles. The third kappa shape index (κ3) is 2.79. The van der Waals surface area contributed by atoms with Crippen LogP contribution in [-0.4, -0.2) is 30.6 Å². The van der Waals surface area contributed by atoms with Crippen molar-refractivity contribution in [1.29, 1.82) is 0 Å². The summed E-state index contributed by atoms with van der Waals surface area (Å²) in [5.74, 6) is -0.780. The van der Waals surface area contributed by atoms with Gasteiger partial charge in [-0.25, -0.2) is 8.78 Å².